The van der Waals surface area contributed by atoms with Crippen molar-refractivity contribution < 1.29 is 22.3 Å². The Morgan fingerprint density at radius 2 is 1.79 bits per heavy atom. The van der Waals surface area contributed by atoms with Gasteiger partial charge < -0.3 is 10.1 Å². The molecule has 3 N–H and O–H groups in total. The van der Waals surface area contributed by atoms with Crippen LogP contribution < -0.4 is 4.72 Å². The number of benzene rings is 1. The average molecular weight is 288 g/mol. The van der Waals surface area contributed by atoms with Gasteiger partial charge in [-0.2, -0.15) is 0 Å². The van der Waals surface area contributed by atoms with Crippen LogP contribution in [0, 0.1) is 11.6 Å². The van der Waals surface area contributed by atoms with Gasteiger partial charge in [0.2, 0.25) is 0 Å². The normalized spacial score (nSPS) is 11.5. The van der Waals surface area contributed by atoms with Crippen LogP contribution in [0.3, 0.4) is 0 Å². The Morgan fingerprint density at radius 1 is 1.16 bits per heavy atom. The van der Waals surface area contributed by atoms with Gasteiger partial charge in [-0.15, -0.1) is 0 Å². The van der Waals surface area contributed by atoms with Gasteiger partial charge >= 0.3 is 0 Å². The highest BCUT2D eigenvalue weighted by Gasteiger charge is 2.16. The van der Waals surface area contributed by atoms with Gasteiger partial charge in [0.25, 0.3) is 10.0 Å². The molecule has 8 heteroatoms. The molecule has 1 aromatic heterocycles. The molecule has 0 radical (unpaired) electrons. The summed E-state index contributed by atoms with van der Waals surface area (Å²) in [6.07, 6.45) is 1.17. The van der Waals surface area contributed by atoms with Crippen LogP contribution in [0.1, 0.15) is 5.69 Å². The van der Waals surface area contributed by atoms with Crippen LogP contribution in [0.2, 0.25) is 0 Å². The standard InChI is InChI=1S/C11H10F2N2O3S/c12-7-1-8(13)3-9(2-7)15-19(17,18)11-4-10(6-16)14-5-11/h1-5,14-16H,6H2. The molecule has 0 bridgehead atoms. The third-order valence-electron chi connectivity index (χ3n) is 2.31. The zero-order valence-electron chi connectivity index (χ0n) is 9.52. The summed E-state index contributed by atoms with van der Waals surface area (Å²) in [5.74, 6) is -1.77. The van der Waals surface area contributed by atoms with E-state index in [1.54, 1.807) is 0 Å². The lowest BCUT2D eigenvalue weighted by atomic mass is 10.3. The Balaban J connectivity index is 2.30. The first-order valence-corrected chi connectivity index (χ1v) is 6.66. The molecule has 0 amide bonds. The molecule has 0 aliphatic heterocycles. The summed E-state index contributed by atoms with van der Waals surface area (Å²) in [5, 5.41) is 8.83. The largest absolute Gasteiger partial charge is 0.390 e. The minimum absolute atomic E-state index is 0.138. The smallest absolute Gasteiger partial charge is 0.263 e. The molecule has 0 aliphatic carbocycles. The third kappa shape index (κ3) is 3.09. The van der Waals surface area contributed by atoms with Crippen molar-refractivity contribution in [2.45, 2.75) is 11.5 Å². The second-order valence-electron chi connectivity index (χ2n) is 3.78. The van der Waals surface area contributed by atoms with Crippen molar-refractivity contribution in [3.8, 4) is 0 Å². The van der Waals surface area contributed by atoms with Crippen molar-refractivity contribution >= 4 is 15.7 Å². The summed E-state index contributed by atoms with van der Waals surface area (Å²) in [6, 6.07) is 3.58. The van der Waals surface area contributed by atoms with Gasteiger partial charge in [0, 0.05) is 18.0 Å². The Labute approximate surface area is 107 Å². The molecule has 0 atom stereocenters. The number of rotatable bonds is 4. The zero-order valence-corrected chi connectivity index (χ0v) is 10.3. The maximum Gasteiger partial charge on any atom is 0.263 e. The first-order chi connectivity index (χ1) is 8.90. The molecule has 1 heterocycles. The van der Waals surface area contributed by atoms with E-state index in [9.17, 15) is 17.2 Å². The fourth-order valence-electron chi connectivity index (χ4n) is 1.49. The molecule has 19 heavy (non-hydrogen) atoms. The SMILES string of the molecule is O=S(=O)(Nc1cc(F)cc(F)c1)c1c[nH]c(CO)c1. The van der Waals surface area contributed by atoms with Gasteiger partial charge in [0.15, 0.2) is 0 Å². The van der Waals surface area contributed by atoms with E-state index in [1.165, 1.54) is 12.3 Å². The summed E-state index contributed by atoms with van der Waals surface area (Å²) in [5.41, 5.74) is 0.0926. The number of hydrogen-bond donors (Lipinski definition) is 3. The monoisotopic (exact) mass is 288 g/mol. The van der Waals surface area contributed by atoms with E-state index in [-0.39, 0.29) is 17.2 Å². The Kier molecular flexibility index (Phi) is 3.54. The number of aliphatic hydroxyl groups is 1. The maximum atomic E-state index is 13.0. The van der Waals surface area contributed by atoms with Crippen molar-refractivity contribution in [1.29, 1.82) is 0 Å². The summed E-state index contributed by atoms with van der Waals surface area (Å²) in [6.45, 7) is -0.343. The molecule has 102 valence electrons. The number of sulfonamides is 1. The Morgan fingerprint density at radius 3 is 2.32 bits per heavy atom. The minimum atomic E-state index is -3.96. The topological polar surface area (TPSA) is 82.2 Å². The molecule has 0 unspecified atom stereocenters. The van der Waals surface area contributed by atoms with Gasteiger partial charge in [-0.1, -0.05) is 0 Å². The molecule has 0 saturated carbocycles. The Bertz CT molecular complexity index is 677. The van der Waals surface area contributed by atoms with E-state index in [1.807, 2.05) is 4.72 Å². The van der Waals surface area contributed by atoms with E-state index >= 15 is 0 Å². The lowest BCUT2D eigenvalue weighted by Gasteiger charge is -2.06. The predicted octanol–water partition coefficient (Wildman–Crippen LogP) is 1.59. The van der Waals surface area contributed by atoms with E-state index in [2.05, 4.69) is 4.98 Å². The second kappa shape index (κ2) is 4.98. The van der Waals surface area contributed by atoms with E-state index in [0.29, 0.717) is 11.8 Å². The maximum absolute atomic E-state index is 13.0. The van der Waals surface area contributed by atoms with Crippen LogP contribution in [0.15, 0.2) is 35.4 Å². The highest BCUT2D eigenvalue weighted by molar-refractivity contribution is 7.92. The van der Waals surface area contributed by atoms with Crippen LogP contribution in [-0.4, -0.2) is 18.5 Å². The molecule has 5 nitrogen and oxygen atoms in total. The third-order valence-corrected chi connectivity index (χ3v) is 3.67. The number of nitrogens with one attached hydrogen (secondary N) is 2. The van der Waals surface area contributed by atoms with Gasteiger partial charge in [-0.25, -0.2) is 17.2 Å². The number of anilines is 1. The number of H-pyrrole nitrogens is 1. The molecular formula is C11H10F2N2O3S. The predicted molar refractivity (Wildman–Crippen MR) is 63.9 cm³/mol. The second-order valence-corrected chi connectivity index (χ2v) is 5.46. The lowest BCUT2D eigenvalue weighted by Crippen LogP contribution is -2.12. The van der Waals surface area contributed by atoms with Gasteiger partial charge in [0.05, 0.1) is 12.3 Å². The first kappa shape index (κ1) is 13.5. The first-order valence-electron chi connectivity index (χ1n) is 5.18. The summed E-state index contributed by atoms with van der Waals surface area (Å²) < 4.78 is 51.7. The van der Waals surface area contributed by atoms with Gasteiger partial charge in [0.1, 0.15) is 16.5 Å². The number of aromatic amines is 1. The Hall–Kier alpha value is -1.93. The number of aliphatic hydroxyl groups excluding tert-OH is 1. The molecule has 0 spiro atoms. The van der Waals surface area contributed by atoms with Crippen molar-refractivity contribution in [3.05, 3.63) is 47.8 Å². The highest BCUT2D eigenvalue weighted by atomic mass is 32.2. The molecule has 2 aromatic rings. The van der Waals surface area contributed by atoms with Crippen molar-refractivity contribution in [2.24, 2.45) is 0 Å². The molecular weight excluding hydrogens is 278 g/mol. The summed E-state index contributed by atoms with van der Waals surface area (Å²) in [7, 11) is -3.96. The minimum Gasteiger partial charge on any atom is -0.390 e. The quantitative estimate of drug-likeness (QED) is 0.799. The number of aromatic nitrogens is 1. The van der Waals surface area contributed by atoms with Crippen LogP contribution in [0.4, 0.5) is 14.5 Å². The van der Waals surface area contributed by atoms with Crippen molar-refractivity contribution in [1.82, 2.24) is 4.98 Å². The number of halogens is 2. The van der Waals surface area contributed by atoms with E-state index in [0.717, 1.165) is 12.1 Å². The molecule has 0 saturated heterocycles. The van der Waals surface area contributed by atoms with Gasteiger partial charge in [-0.05, 0) is 18.2 Å². The molecule has 2 rings (SSSR count). The fourth-order valence-corrected chi connectivity index (χ4v) is 2.55. The van der Waals surface area contributed by atoms with Crippen LogP contribution in [0.25, 0.3) is 0 Å². The van der Waals surface area contributed by atoms with Gasteiger partial charge in [-0.3, -0.25) is 4.72 Å². The highest BCUT2D eigenvalue weighted by Crippen LogP contribution is 2.19. The molecule has 0 aliphatic rings. The van der Waals surface area contributed by atoms with E-state index in [4.69, 9.17) is 5.11 Å². The molecule has 1 aromatic carbocycles. The van der Waals surface area contributed by atoms with Crippen LogP contribution in [-0.2, 0) is 16.6 Å². The van der Waals surface area contributed by atoms with E-state index < -0.39 is 21.7 Å². The van der Waals surface area contributed by atoms with Crippen LogP contribution >= 0.6 is 0 Å². The molecule has 0 fully saturated rings. The summed E-state index contributed by atoms with van der Waals surface area (Å²) in [4.78, 5) is 2.42. The van der Waals surface area contributed by atoms with Crippen molar-refractivity contribution in [2.75, 3.05) is 4.72 Å². The summed E-state index contributed by atoms with van der Waals surface area (Å²) >= 11 is 0. The zero-order chi connectivity index (χ0) is 14.0. The fraction of sp³-hybridized carbons (Fsp3) is 0.0909. The average Bonchev–Trinajstić information content (AvgIpc) is 2.75. The van der Waals surface area contributed by atoms with Crippen LogP contribution in [0.5, 0.6) is 0 Å². The number of hydrogen-bond acceptors (Lipinski definition) is 3. The lowest BCUT2D eigenvalue weighted by molar-refractivity contribution is 0.277. The van der Waals surface area contributed by atoms with Crippen molar-refractivity contribution in [3.63, 3.8) is 0 Å².